The highest BCUT2D eigenvalue weighted by molar-refractivity contribution is 5.87. The number of hydrogen-bond donors (Lipinski definition) is 1. The van der Waals surface area contributed by atoms with E-state index < -0.39 is 5.97 Å². The summed E-state index contributed by atoms with van der Waals surface area (Å²) in [5.41, 5.74) is 2.76. The Bertz CT molecular complexity index is 785. The zero-order valence-electron chi connectivity index (χ0n) is 11.1. The Hall–Kier alpha value is -2.95. The molecule has 2 aromatic carbocycles. The fourth-order valence-electron chi connectivity index (χ4n) is 1.94. The number of nitrogens with zero attached hydrogens (tertiary/aromatic N) is 2. The summed E-state index contributed by atoms with van der Waals surface area (Å²) >= 11 is 0. The van der Waals surface area contributed by atoms with Gasteiger partial charge in [0.2, 0.25) is 0 Å². The van der Waals surface area contributed by atoms with Gasteiger partial charge in [-0.05, 0) is 29.8 Å². The van der Waals surface area contributed by atoms with Crippen LogP contribution in [0.4, 0.5) is 0 Å². The van der Waals surface area contributed by atoms with E-state index in [0.717, 1.165) is 16.6 Å². The Morgan fingerprint density at radius 3 is 2.43 bits per heavy atom. The monoisotopic (exact) mass is 280 g/mol. The minimum absolute atomic E-state index is 0.264. The summed E-state index contributed by atoms with van der Waals surface area (Å²) in [6, 6.07) is 12.1. The van der Waals surface area contributed by atoms with Crippen molar-refractivity contribution in [1.82, 2.24) is 9.97 Å². The summed E-state index contributed by atoms with van der Waals surface area (Å²) in [4.78, 5) is 19.2. The van der Waals surface area contributed by atoms with Gasteiger partial charge < -0.3 is 9.84 Å². The van der Waals surface area contributed by atoms with Crippen molar-refractivity contribution in [3.63, 3.8) is 0 Å². The standard InChI is InChI=1S/C16H12N2O3/c19-16(20)12-3-1-11(2-4-12)10-21-13-5-6-14-15(9-13)18-8-7-17-14/h1-9H,10H2,(H,19,20). The number of hydrogen-bond acceptors (Lipinski definition) is 4. The van der Waals surface area contributed by atoms with Gasteiger partial charge in [-0.15, -0.1) is 0 Å². The molecule has 1 N–H and O–H groups in total. The molecule has 3 rings (SSSR count). The first-order valence-electron chi connectivity index (χ1n) is 6.38. The van der Waals surface area contributed by atoms with Crippen molar-refractivity contribution < 1.29 is 14.6 Å². The third-order valence-electron chi connectivity index (χ3n) is 3.05. The maximum absolute atomic E-state index is 10.8. The zero-order chi connectivity index (χ0) is 14.7. The summed E-state index contributed by atoms with van der Waals surface area (Å²) in [6.07, 6.45) is 3.28. The molecule has 0 aliphatic heterocycles. The van der Waals surface area contributed by atoms with Crippen LogP contribution in [0.1, 0.15) is 15.9 Å². The van der Waals surface area contributed by atoms with Gasteiger partial charge >= 0.3 is 5.97 Å². The summed E-state index contributed by atoms with van der Waals surface area (Å²) in [6.45, 7) is 0.367. The molecule has 0 bridgehead atoms. The van der Waals surface area contributed by atoms with Gasteiger partial charge in [-0.2, -0.15) is 0 Å². The summed E-state index contributed by atoms with van der Waals surface area (Å²) in [5.74, 6) is -0.235. The van der Waals surface area contributed by atoms with Crippen LogP contribution < -0.4 is 4.74 Å². The number of aromatic carboxylic acids is 1. The van der Waals surface area contributed by atoms with E-state index in [1.54, 1.807) is 36.7 Å². The number of carboxylic acid groups (broad SMARTS) is 1. The third-order valence-corrected chi connectivity index (χ3v) is 3.05. The molecule has 0 atom stereocenters. The Balaban J connectivity index is 1.72. The van der Waals surface area contributed by atoms with Gasteiger partial charge in [-0.3, -0.25) is 9.97 Å². The second kappa shape index (κ2) is 5.58. The molecule has 0 saturated heterocycles. The first-order valence-corrected chi connectivity index (χ1v) is 6.38. The Labute approximate surface area is 120 Å². The summed E-state index contributed by atoms with van der Waals surface area (Å²) < 4.78 is 5.69. The molecular weight excluding hydrogens is 268 g/mol. The molecule has 5 heteroatoms. The van der Waals surface area contributed by atoms with E-state index in [4.69, 9.17) is 9.84 Å². The number of rotatable bonds is 4. The highest BCUT2D eigenvalue weighted by Gasteiger charge is 2.03. The van der Waals surface area contributed by atoms with Crippen molar-refractivity contribution in [3.05, 3.63) is 66.0 Å². The van der Waals surface area contributed by atoms with E-state index in [1.807, 2.05) is 18.2 Å². The number of aromatic nitrogens is 2. The van der Waals surface area contributed by atoms with E-state index in [0.29, 0.717) is 12.4 Å². The van der Waals surface area contributed by atoms with Crippen molar-refractivity contribution in [2.45, 2.75) is 6.61 Å². The van der Waals surface area contributed by atoms with Crippen LogP contribution in [0.15, 0.2) is 54.9 Å². The van der Waals surface area contributed by atoms with Crippen molar-refractivity contribution in [3.8, 4) is 5.75 Å². The largest absolute Gasteiger partial charge is 0.489 e. The van der Waals surface area contributed by atoms with Gasteiger partial charge in [0.25, 0.3) is 0 Å². The van der Waals surface area contributed by atoms with Crippen LogP contribution in [0.25, 0.3) is 11.0 Å². The molecule has 0 fully saturated rings. The normalized spacial score (nSPS) is 10.5. The van der Waals surface area contributed by atoms with Crippen LogP contribution in [0.5, 0.6) is 5.75 Å². The van der Waals surface area contributed by atoms with E-state index in [-0.39, 0.29) is 5.56 Å². The lowest BCUT2D eigenvalue weighted by Crippen LogP contribution is -1.99. The Kier molecular flexibility index (Phi) is 3.47. The zero-order valence-corrected chi connectivity index (χ0v) is 11.1. The van der Waals surface area contributed by atoms with Crippen molar-refractivity contribution >= 4 is 17.0 Å². The van der Waals surface area contributed by atoms with Gasteiger partial charge in [0.05, 0.1) is 16.6 Å². The molecule has 5 nitrogen and oxygen atoms in total. The maximum atomic E-state index is 10.8. The molecule has 1 heterocycles. The number of carboxylic acids is 1. The fourth-order valence-corrected chi connectivity index (χ4v) is 1.94. The molecule has 21 heavy (non-hydrogen) atoms. The van der Waals surface area contributed by atoms with Crippen LogP contribution >= 0.6 is 0 Å². The molecular formula is C16H12N2O3. The number of fused-ring (bicyclic) bond motifs is 1. The first-order chi connectivity index (χ1) is 10.2. The quantitative estimate of drug-likeness (QED) is 0.795. The molecule has 0 aliphatic rings. The lowest BCUT2D eigenvalue weighted by Gasteiger charge is -2.07. The summed E-state index contributed by atoms with van der Waals surface area (Å²) in [7, 11) is 0. The van der Waals surface area contributed by atoms with Crippen LogP contribution in [0, 0.1) is 0 Å². The number of ether oxygens (including phenoxy) is 1. The van der Waals surface area contributed by atoms with Crippen LogP contribution in [-0.4, -0.2) is 21.0 Å². The molecule has 3 aromatic rings. The van der Waals surface area contributed by atoms with Crippen molar-refractivity contribution in [1.29, 1.82) is 0 Å². The molecule has 0 unspecified atom stereocenters. The van der Waals surface area contributed by atoms with E-state index in [2.05, 4.69) is 9.97 Å². The average Bonchev–Trinajstić information content (AvgIpc) is 2.53. The minimum Gasteiger partial charge on any atom is -0.489 e. The van der Waals surface area contributed by atoms with Crippen molar-refractivity contribution in [2.24, 2.45) is 0 Å². The number of benzene rings is 2. The minimum atomic E-state index is -0.935. The van der Waals surface area contributed by atoms with Crippen LogP contribution in [0.2, 0.25) is 0 Å². The molecule has 0 aliphatic carbocycles. The highest BCUT2D eigenvalue weighted by Crippen LogP contribution is 2.18. The topological polar surface area (TPSA) is 72.3 Å². The molecule has 104 valence electrons. The molecule has 0 radical (unpaired) electrons. The molecule has 0 saturated carbocycles. The Morgan fingerprint density at radius 2 is 1.71 bits per heavy atom. The Morgan fingerprint density at radius 1 is 1.00 bits per heavy atom. The van der Waals surface area contributed by atoms with Gasteiger partial charge in [-0.25, -0.2) is 4.79 Å². The second-order valence-electron chi connectivity index (χ2n) is 4.50. The average molecular weight is 280 g/mol. The van der Waals surface area contributed by atoms with E-state index >= 15 is 0 Å². The van der Waals surface area contributed by atoms with E-state index in [1.165, 1.54) is 0 Å². The third kappa shape index (κ3) is 2.97. The predicted octanol–water partition coefficient (Wildman–Crippen LogP) is 2.91. The second-order valence-corrected chi connectivity index (χ2v) is 4.50. The van der Waals surface area contributed by atoms with Gasteiger partial charge in [0.15, 0.2) is 0 Å². The van der Waals surface area contributed by atoms with Crippen LogP contribution in [-0.2, 0) is 6.61 Å². The number of carbonyl (C=O) groups is 1. The van der Waals surface area contributed by atoms with Crippen molar-refractivity contribution in [2.75, 3.05) is 0 Å². The summed E-state index contributed by atoms with van der Waals surface area (Å²) in [5, 5.41) is 8.84. The maximum Gasteiger partial charge on any atom is 0.335 e. The predicted molar refractivity (Wildman–Crippen MR) is 77.3 cm³/mol. The van der Waals surface area contributed by atoms with Gasteiger partial charge in [0.1, 0.15) is 12.4 Å². The lowest BCUT2D eigenvalue weighted by atomic mass is 10.1. The molecule has 0 spiro atoms. The highest BCUT2D eigenvalue weighted by atomic mass is 16.5. The fraction of sp³-hybridized carbons (Fsp3) is 0.0625. The van der Waals surface area contributed by atoms with Crippen LogP contribution in [0.3, 0.4) is 0 Å². The van der Waals surface area contributed by atoms with Gasteiger partial charge in [-0.1, -0.05) is 12.1 Å². The molecule has 1 aromatic heterocycles. The molecule has 0 amide bonds. The first kappa shape index (κ1) is 13.1. The SMILES string of the molecule is O=C(O)c1ccc(COc2ccc3nccnc3c2)cc1. The smallest absolute Gasteiger partial charge is 0.335 e. The lowest BCUT2D eigenvalue weighted by molar-refractivity contribution is 0.0697. The van der Waals surface area contributed by atoms with E-state index in [9.17, 15) is 4.79 Å². The van der Waals surface area contributed by atoms with Gasteiger partial charge in [0, 0.05) is 18.5 Å².